The second-order valence-corrected chi connectivity index (χ2v) is 6.31. The van der Waals surface area contributed by atoms with Gasteiger partial charge in [0, 0.05) is 10.7 Å². The van der Waals surface area contributed by atoms with E-state index in [-0.39, 0.29) is 0 Å². The van der Waals surface area contributed by atoms with E-state index in [1.807, 2.05) is 30.3 Å². The van der Waals surface area contributed by atoms with Crippen molar-refractivity contribution < 1.29 is 4.74 Å². The lowest BCUT2D eigenvalue weighted by Gasteiger charge is -2.09. The van der Waals surface area contributed by atoms with Gasteiger partial charge in [0.1, 0.15) is 17.9 Å². The molecule has 4 rings (SSSR count). The fraction of sp³-hybridized carbons (Fsp3) is 0.0556. The van der Waals surface area contributed by atoms with E-state index in [2.05, 4.69) is 20.4 Å². The van der Waals surface area contributed by atoms with Gasteiger partial charge in [-0.2, -0.15) is 5.10 Å². The molecule has 0 saturated carbocycles. The molecule has 1 N–H and O–H groups in total. The van der Waals surface area contributed by atoms with E-state index in [4.69, 9.17) is 27.9 Å². The Labute approximate surface area is 159 Å². The summed E-state index contributed by atoms with van der Waals surface area (Å²) in [7, 11) is 1.58. The highest BCUT2D eigenvalue weighted by atomic mass is 35.5. The summed E-state index contributed by atoms with van der Waals surface area (Å²) < 4.78 is 6.89. The molecule has 0 amide bonds. The molecule has 130 valence electrons. The van der Waals surface area contributed by atoms with Crippen molar-refractivity contribution in [3.63, 3.8) is 0 Å². The van der Waals surface area contributed by atoms with Crippen molar-refractivity contribution in [2.24, 2.45) is 0 Å². The van der Waals surface area contributed by atoms with Gasteiger partial charge in [-0.05, 0) is 36.4 Å². The largest absolute Gasteiger partial charge is 0.495 e. The first-order valence-electron chi connectivity index (χ1n) is 7.71. The van der Waals surface area contributed by atoms with Gasteiger partial charge in [0.2, 0.25) is 0 Å². The summed E-state index contributed by atoms with van der Waals surface area (Å²) in [6, 6.07) is 12.8. The Hall–Kier alpha value is -2.83. The average Bonchev–Trinajstić information content (AvgIpc) is 3.07. The lowest BCUT2D eigenvalue weighted by atomic mass is 10.3. The summed E-state index contributed by atoms with van der Waals surface area (Å²) in [5.74, 6) is 1.24. The number of ether oxygens (including phenoxy) is 1. The fourth-order valence-electron chi connectivity index (χ4n) is 2.62. The van der Waals surface area contributed by atoms with E-state index < -0.39 is 0 Å². The van der Waals surface area contributed by atoms with Crippen LogP contribution in [0.4, 0.5) is 11.5 Å². The van der Waals surface area contributed by atoms with Crippen molar-refractivity contribution in [1.82, 2.24) is 19.7 Å². The Balaban J connectivity index is 1.74. The third-order valence-corrected chi connectivity index (χ3v) is 4.36. The molecule has 0 saturated heterocycles. The molecule has 2 aromatic heterocycles. The van der Waals surface area contributed by atoms with Crippen LogP contribution in [0.2, 0.25) is 10.0 Å². The maximum Gasteiger partial charge on any atom is 0.168 e. The molecule has 0 spiro atoms. The summed E-state index contributed by atoms with van der Waals surface area (Å²) in [6.07, 6.45) is 3.20. The number of anilines is 2. The van der Waals surface area contributed by atoms with Crippen molar-refractivity contribution >= 4 is 45.7 Å². The Morgan fingerprint density at radius 2 is 1.96 bits per heavy atom. The molecule has 4 aromatic rings. The minimum absolute atomic E-state index is 0.512. The maximum absolute atomic E-state index is 6.19. The first-order chi connectivity index (χ1) is 12.7. The second kappa shape index (κ2) is 6.82. The molecule has 0 fully saturated rings. The number of fused-ring (bicyclic) bond motifs is 1. The number of nitrogens with one attached hydrogen (secondary N) is 1. The molecule has 0 aliphatic heterocycles. The molecule has 0 aliphatic carbocycles. The number of benzene rings is 2. The average molecular weight is 386 g/mol. The third-order valence-electron chi connectivity index (χ3n) is 3.83. The number of rotatable bonds is 4. The van der Waals surface area contributed by atoms with Crippen molar-refractivity contribution in [1.29, 1.82) is 0 Å². The number of hydrogen-bond acceptors (Lipinski definition) is 5. The molecule has 0 bridgehead atoms. The van der Waals surface area contributed by atoms with E-state index in [1.54, 1.807) is 30.1 Å². The van der Waals surface area contributed by atoms with Gasteiger partial charge in [0.05, 0.1) is 29.4 Å². The van der Waals surface area contributed by atoms with Gasteiger partial charge in [-0.1, -0.05) is 29.3 Å². The molecule has 0 atom stereocenters. The fourth-order valence-corrected chi connectivity index (χ4v) is 3.06. The van der Waals surface area contributed by atoms with E-state index >= 15 is 0 Å². The van der Waals surface area contributed by atoms with Gasteiger partial charge in [0.25, 0.3) is 0 Å². The zero-order chi connectivity index (χ0) is 18.1. The summed E-state index contributed by atoms with van der Waals surface area (Å²) in [5.41, 5.74) is 2.28. The Morgan fingerprint density at radius 1 is 1.08 bits per heavy atom. The molecule has 2 heterocycles. The Bertz CT molecular complexity index is 1100. The first kappa shape index (κ1) is 16.6. The van der Waals surface area contributed by atoms with Gasteiger partial charge in [-0.15, -0.1) is 0 Å². The lowest BCUT2D eigenvalue weighted by molar-refractivity contribution is 0.415. The van der Waals surface area contributed by atoms with E-state index in [9.17, 15) is 0 Å². The van der Waals surface area contributed by atoms with Gasteiger partial charge in [-0.3, -0.25) is 0 Å². The molecular weight excluding hydrogens is 373 g/mol. The number of nitrogens with zero attached hydrogens (tertiary/aromatic N) is 4. The molecule has 0 aliphatic rings. The van der Waals surface area contributed by atoms with Crippen LogP contribution in [0.5, 0.6) is 5.75 Å². The van der Waals surface area contributed by atoms with Crippen molar-refractivity contribution in [2.45, 2.75) is 0 Å². The van der Waals surface area contributed by atoms with Crippen LogP contribution in [0, 0.1) is 0 Å². The van der Waals surface area contributed by atoms with E-state index in [0.29, 0.717) is 27.3 Å². The molecule has 26 heavy (non-hydrogen) atoms. The van der Waals surface area contributed by atoms with Crippen LogP contribution < -0.4 is 10.1 Å². The quantitative estimate of drug-likeness (QED) is 0.542. The highest BCUT2D eigenvalue weighted by Crippen LogP contribution is 2.30. The highest BCUT2D eigenvalue weighted by molar-refractivity contribution is 6.32. The van der Waals surface area contributed by atoms with E-state index in [0.717, 1.165) is 16.8 Å². The van der Waals surface area contributed by atoms with Crippen LogP contribution in [0.1, 0.15) is 0 Å². The lowest BCUT2D eigenvalue weighted by Crippen LogP contribution is -1.99. The standard InChI is InChI=1S/C18H13Cl2N5O/c1-26-16-6-5-12(8-15(16)20)24-17-14-9-23-25(18(14)22-10-21-17)13-4-2-3-11(19)7-13/h2-10H,1H3,(H,21,22,24). The Morgan fingerprint density at radius 3 is 2.73 bits per heavy atom. The van der Waals surface area contributed by atoms with Crippen LogP contribution in [0.25, 0.3) is 16.7 Å². The molecule has 0 radical (unpaired) electrons. The zero-order valence-electron chi connectivity index (χ0n) is 13.6. The van der Waals surface area contributed by atoms with Crippen LogP contribution in [0.3, 0.4) is 0 Å². The van der Waals surface area contributed by atoms with Crippen LogP contribution in [0.15, 0.2) is 55.0 Å². The molecule has 0 unspecified atom stereocenters. The minimum atomic E-state index is 0.512. The number of hydrogen-bond donors (Lipinski definition) is 1. The van der Waals surface area contributed by atoms with Crippen molar-refractivity contribution in [2.75, 3.05) is 12.4 Å². The SMILES string of the molecule is COc1ccc(Nc2ncnc3c2cnn3-c2cccc(Cl)c2)cc1Cl. The third kappa shape index (κ3) is 3.05. The molecule has 2 aromatic carbocycles. The predicted octanol–water partition coefficient (Wildman–Crippen LogP) is 4.87. The van der Waals surface area contributed by atoms with Gasteiger partial charge in [0.15, 0.2) is 5.65 Å². The highest BCUT2D eigenvalue weighted by Gasteiger charge is 2.12. The zero-order valence-corrected chi connectivity index (χ0v) is 15.2. The Kier molecular flexibility index (Phi) is 4.36. The predicted molar refractivity (Wildman–Crippen MR) is 103 cm³/mol. The van der Waals surface area contributed by atoms with Crippen molar-refractivity contribution in [3.05, 3.63) is 65.0 Å². The molecular formula is C18H13Cl2N5O. The van der Waals surface area contributed by atoms with Gasteiger partial charge >= 0.3 is 0 Å². The molecule has 8 heteroatoms. The first-order valence-corrected chi connectivity index (χ1v) is 8.46. The monoisotopic (exact) mass is 385 g/mol. The smallest absolute Gasteiger partial charge is 0.168 e. The van der Waals surface area contributed by atoms with Gasteiger partial charge < -0.3 is 10.1 Å². The number of methoxy groups -OCH3 is 1. The summed E-state index contributed by atoms with van der Waals surface area (Å²) in [6.45, 7) is 0. The number of aromatic nitrogens is 4. The van der Waals surface area contributed by atoms with Crippen LogP contribution in [-0.4, -0.2) is 26.9 Å². The number of halogens is 2. The summed E-state index contributed by atoms with van der Waals surface area (Å²) in [4.78, 5) is 8.68. The maximum atomic E-state index is 6.19. The van der Waals surface area contributed by atoms with Crippen molar-refractivity contribution in [3.8, 4) is 11.4 Å². The second-order valence-electron chi connectivity index (χ2n) is 5.47. The van der Waals surface area contributed by atoms with Gasteiger partial charge in [-0.25, -0.2) is 14.6 Å². The van der Waals surface area contributed by atoms with E-state index in [1.165, 1.54) is 6.33 Å². The minimum Gasteiger partial charge on any atom is -0.495 e. The summed E-state index contributed by atoms with van der Waals surface area (Å²) >= 11 is 12.3. The topological polar surface area (TPSA) is 64.9 Å². The summed E-state index contributed by atoms with van der Waals surface area (Å²) in [5, 5.41) is 9.59. The molecule has 6 nitrogen and oxygen atoms in total. The normalized spacial score (nSPS) is 10.9. The van der Waals surface area contributed by atoms with Crippen LogP contribution in [-0.2, 0) is 0 Å². The van der Waals surface area contributed by atoms with Crippen LogP contribution >= 0.6 is 23.2 Å².